The maximum absolute atomic E-state index is 11.6. The Bertz CT molecular complexity index is 326. The van der Waals surface area contributed by atoms with Crippen LogP contribution < -0.4 is 0 Å². The first-order chi connectivity index (χ1) is 6.79. The monoisotopic (exact) mass is 194 g/mol. The van der Waals surface area contributed by atoms with Gasteiger partial charge in [-0.15, -0.1) is 10.2 Å². The molecule has 0 spiro atoms. The van der Waals surface area contributed by atoms with E-state index in [1.54, 1.807) is 0 Å². The van der Waals surface area contributed by atoms with Crippen molar-refractivity contribution in [2.24, 2.45) is 0 Å². The topological polar surface area (TPSA) is 98.6 Å². The summed E-state index contributed by atoms with van der Waals surface area (Å²) in [6.45, 7) is 2.74. The van der Waals surface area contributed by atoms with E-state index in [1.165, 1.54) is 4.90 Å². The van der Waals surface area contributed by atoms with Gasteiger partial charge in [0.2, 0.25) is 0 Å². The van der Waals surface area contributed by atoms with E-state index in [9.17, 15) is 4.79 Å². The smallest absolute Gasteiger partial charge is 0.295 e. The van der Waals surface area contributed by atoms with Crippen LogP contribution >= 0.6 is 0 Å². The molecule has 14 heavy (non-hydrogen) atoms. The first kappa shape index (κ1) is 10.1. The second-order valence-corrected chi connectivity index (χ2v) is 2.53. The molecular formula is C7H10N6O. The van der Waals surface area contributed by atoms with Crippen molar-refractivity contribution in [2.75, 3.05) is 13.1 Å². The van der Waals surface area contributed by atoms with Crippen LogP contribution in [0.4, 0.5) is 0 Å². The lowest BCUT2D eigenvalue weighted by Crippen LogP contribution is -2.32. The minimum atomic E-state index is -0.309. The molecule has 0 fully saturated rings. The number of rotatable bonds is 4. The number of carbonyl (C=O) groups excluding carboxylic acids is 1. The molecule has 1 N–H and O–H groups in total. The summed E-state index contributed by atoms with van der Waals surface area (Å²) < 4.78 is 0. The number of tetrazole rings is 1. The van der Waals surface area contributed by atoms with Gasteiger partial charge in [0.1, 0.15) is 0 Å². The van der Waals surface area contributed by atoms with Crippen molar-refractivity contribution in [3.63, 3.8) is 0 Å². The molecule has 0 radical (unpaired) electrons. The van der Waals surface area contributed by atoms with Gasteiger partial charge in [-0.2, -0.15) is 10.5 Å². The second kappa shape index (κ2) is 4.91. The Hall–Kier alpha value is -1.97. The van der Waals surface area contributed by atoms with Crippen LogP contribution in [0.1, 0.15) is 24.0 Å². The molecule has 0 aromatic carbocycles. The third kappa shape index (κ3) is 2.26. The molecule has 0 aliphatic heterocycles. The zero-order valence-electron chi connectivity index (χ0n) is 7.77. The Morgan fingerprint density at radius 1 is 1.71 bits per heavy atom. The van der Waals surface area contributed by atoms with E-state index in [0.29, 0.717) is 19.5 Å². The molecule has 74 valence electrons. The Morgan fingerprint density at radius 2 is 2.50 bits per heavy atom. The van der Waals surface area contributed by atoms with Crippen LogP contribution in [0.5, 0.6) is 0 Å². The summed E-state index contributed by atoms with van der Waals surface area (Å²) in [7, 11) is 0. The predicted molar refractivity (Wildman–Crippen MR) is 46.0 cm³/mol. The number of amides is 1. The number of H-pyrrole nitrogens is 1. The van der Waals surface area contributed by atoms with Gasteiger partial charge in [-0.05, 0) is 12.1 Å². The van der Waals surface area contributed by atoms with Gasteiger partial charge < -0.3 is 4.90 Å². The van der Waals surface area contributed by atoms with Crippen LogP contribution in [0.15, 0.2) is 0 Å². The van der Waals surface area contributed by atoms with Crippen molar-refractivity contribution >= 4 is 5.91 Å². The summed E-state index contributed by atoms with van der Waals surface area (Å²) in [5.74, 6) is -0.277. The molecule has 1 amide bonds. The molecule has 0 aliphatic carbocycles. The number of nitriles is 1. The predicted octanol–water partition coefficient (Wildman–Crippen LogP) is -0.425. The van der Waals surface area contributed by atoms with Crippen molar-refractivity contribution in [3.05, 3.63) is 5.82 Å². The Labute approximate surface area is 80.7 Å². The van der Waals surface area contributed by atoms with Gasteiger partial charge in [0.05, 0.1) is 12.5 Å². The summed E-state index contributed by atoms with van der Waals surface area (Å²) in [5.41, 5.74) is 0. The summed E-state index contributed by atoms with van der Waals surface area (Å²) in [6, 6.07) is 1.97. The van der Waals surface area contributed by atoms with E-state index in [4.69, 9.17) is 5.26 Å². The average Bonchev–Trinajstić information content (AvgIpc) is 2.71. The maximum atomic E-state index is 11.6. The van der Waals surface area contributed by atoms with Crippen molar-refractivity contribution in [1.82, 2.24) is 25.5 Å². The molecule has 1 rings (SSSR count). The molecular weight excluding hydrogens is 184 g/mol. The lowest BCUT2D eigenvalue weighted by molar-refractivity contribution is 0.0755. The van der Waals surface area contributed by atoms with Crippen LogP contribution in [0.2, 0.25) is 0 Å². The van der Waals surface area contributed by atoms with E-state index in [2.05, 4.69) is 20.6 Å². The maximum Gasteiger partial charge on any atom is 0.295 e. The molecule has 0 atom stereocenters. The largest absolute Gasteiger partial charge is 0.335 e. The molecule has 0 aliphatic rings. The van der Waals surface area contributed by atoms with Crippen molar-refractivity contribution < 1.29 is 4.79 Å². The molecule has 1 heterocycles. The molecule has 1 aromatic heterocycles. The first-order valence-corrected chi connectivity index (χ1v) is 4.19. The van der Waals surface area contributed by atoms with E-state index in [-0.39, 0.29) is 11.7 Å². The van der Waals surface area contributed by atoms with Gasteiger partial charge in [0, 0.05) is 13.1 Å². The molecule has 0 saturated carbocycles. The van der Waals surface area contributed by atoms with Gasteiger partial charge >= 0.3 is 0 Å². The molecule has 7 nitrogen and oxygen atoms in total. The molecule has 0 bridgehead atoms. The lowest BCUT2D eigenvalue weighted by Gasteiger charge is -2.16. The molecule has 7 heteroatoms. The van der Waals surface area contributed by atoms with Crippen LogP contribution in [-0.2, 0) is 0 Å². The fourth-order valence-electron chi connectivity index (χ4n) is 0.982. The molecule has 0 saturated heterocycles. The highest BCUT2D eigenvalue weighted by molar-refractivity contribution is 5.90. The molecule has 1 aromatic rings. The standard InChI is InChI=1S/C7H10N6O/c1-2-13(5-3-4-8)7(14)6-9-11-12-10-6/h2-3,5H2,1H3,(H,9,10,11,12). The fourth-order valence-corrected chi connectivity index (χ4v) is 0.982. The van der Waals surface area contributed by atoms with Crippen LogP contribution in [0.25, 0.3) is 0 Å². The minimum Gasteiger partial charge on any atom is -0.335 e. The third-order valence-corrected chi connectivity index (χ3v) is 1.70. The third-order valence-electron chi connectivity index (χ3n) is 1.70. The number of hydrogen-bond donors (Lipinski definition) is 1. The highest BCUT2D eigenvalue weighted by atomic mass is 16.2. The van der Waals surface area contributed by atoms with Crippen molar-refractivity contribution in [3.8, 4) is 6.07 Å². The Kier molecular flexibility index (Phi) is 3.55. The van der Waals surface area contributed by atoms with Crippen LogP contribution in [0.3, 0.4) is 0 Å². The Morgan fingerprint density at radius 3 is 3.00 bits per heavy atom. The van der Waals surface area contributed by atoms with Crippen molar-refractivity contribution in [2.45, 2.75) is 13.3 Å². The van der Waals surface area contributed by atoms with E-state index < -0.39 is 0 Å². The number of hydrogen-bond acceptors (Lipinski definition) is 5. The normalized spacial score (nSPS) is 9.43. The summed E-state index contributed by atoms with van der Waals surface area (Å²) >= 11 is 0. The van der Waals surface area contributed by atoms with E-state index in [1.807, 2.05) is 13.0 Å². The first-order valence-electron chi connectivity index (χ1n) is 4.19. The number of nitrogens with one attached hydrogen (secondary N) is 1. The van der Waals surface area contributed by atoms with Gasteiger partial charge in [-0.1, -0.05) is 0 Å². The summed E-state index contributed by atoms with van der Waals surface area (Å²) in [6.07, 6.45) is 0.303. The zero-order valence-corrected chi connectivity index (χ0v) is 7.77. The highest BCUT2D eigenvalue weighted by Crippen LogP contribution is 1.97. The van der Waals surface area contributed by atoms with Crippen molar-refractivity contribution in [1.29, 1.82) is 5.26 Å². The zero-order chi connectivity index (χ0) is 10.4. The quantitative estimate of drug-likeness (QED) is 0.701. The lowest BCUT2D eigenvalue weighted by atomic mass is 10.3. The van der Waals surface area contributed by atoms with E-state index in [0.717, 1.165) is 0 Å². The summed E-state index contributed by atoms with van der Waals surface area (Å²) in [4.78, 5) is 13.1. The van der Waals surface area contributed by atoms with Gasteiger partial charge in [-0.3, -0.25) is 4.79 Å². The van der Waals surface area contributed by atoms with E-state index >= 15 is 0 Å². The van der Waals surface area contributed by atoms with Crippen LogP contribution in [0, 0.1) is 11.3 Å². The average molecular weight is 194 g/mol. The minimum absolute atomic E-state index is 0.0322. The summed E-state index contributed by atoms with van der Waals surface area (Å²) in [5, 5.41) is 21.0. The van der Waals surface area contributed by atoms with Crippen LogP contribution in [-0.4, -0.2) is 44.5 Å². The number of aromatic nitrogens is 4. The highest BCUT2D eigenvalue weighted by Gasteiger charge is 2.17. The number of nitrogens with zero attached hydrogens (tertiary/aromatic N) is 5. The second-order valence-electron chi connectivity index (χ2n) is 2.53. The van der Waals surface area contributed by atoms with Gasteiger partial charge in [0.25, 0.3) is 11.7 Å². The number of aromatic amines is 1. The number of carbonyl (C=O) groups is 1. The SMILES string of the molecule is CCN(CCC#N)C(=O)c1nn[nH]n1. The van der Waals surface area contributed by atoms with Gasteiger partial charge in [0.15, 0.2) is 0 Å². The van der Waals surface area contributed by atoms with Gasteiger partial charge in [-0.25, -0.2) is 0 Å². The molecule has 0 unspecified atom stereocenters. The Balaban J connectivity index is 2.62. The fraction of sp³-hybridized carbons (Fsp3) is 0.571.